The number of H-pyrrole nitrogens is 1. The fraction of sp³-hybridized carbons (Fsp3) is 0.471. The number of sulfonamides is 1. The predicted molar refractivity (Wildman–Crippen MR) is 93.7 cm³/mol. The third-order valence-corrected chi connectivity index (χ3v) is 5.67. The molecule has 0 saturated heterocycles. The Labute approximate surface area is 146 Å². The van der Waals surface area contributed by atoms with E-state index in [9.17, 15) is 17.2 Å². The molecule has 2 aromatic rings. The number of rotatable bonds is 4. The fourth-order valence-corrected chi connectivity index (χ4v) is 4.32. The summed E-state index contributed by atoms with van der Waals surface area (Å²) >= 11 is 0. The van der Waals surface area contributed by atoms with Crippen LogP contribution in [0.25, 0.3) is 0 Å². The average Bonchev–Trinajstić information content (AvgIpc) is 2.77. The van der Waals surface area contributed by atoms with Crippen LogP contribution in [0, 0.1) is 20.8 Å². The van der Waals surface area contributed by atoms with Gasteiger partial charge in [-0.2, -0.15) is 5.10 Å². The minimum Gasteiger partial charge on any atom is -0.280 e. The van der Waals surface area contributed by atoms with Crippen molar-refractivity contribution in [1.29, 1.82) is 0 Å². The summed E-state index contributed by atoms with van der Waals surface area (Å²) in [5, 5.41) is 5.88. The fourth-order valence-electron chi connectivity index (χ4n) is 2.73. The van der Waals surface area contributed by atoms with E-state index >= 15 is 0 Å². The lowest BCUT2D eigenvalue weighted by molar-refractivity contribution is 0.147. The highest BCUT2D eigenvalue weighted by molar-refractivity contribution is 7.92. The Balaban J connectivity index is 2.53. The minimum atomic E-state index is -4.03. The Morgan fingerprint density at radius 3 is 2.08 bits per heavy atom. The maximum absolute atomic E-state index is 13.0. The van der Waals surface area contributed by atoms with Crippen molar-refractivity contribution in [3.8, 4) is 0 Å². The van der Waals surface area contributed by atoms with Gasteiger partial charge in [0.2, 0.25) is 0 Å². The SMILES string of the molecule is Cc1cc(C(C)(C)C)cc(C)c1S(=O)(=O)Nc1c(C(F)F)n[nH]c1C. The molecule has 2 rings (SSSR count). The summed E-state index contributed by atoms with van der Waals surface area (Å²) in [4.78, 5) is 0.0984. The molecule has 1 aromatic carbocycles. The normalized spacial score (nSPS) is 12.7. The van der Waals surface area contributed by atoms with Gasteiger partial charge in [0, 0.05) is 0 Å². The van der Waals surface area contributed by atoms with Gasteiger partial charge in [-0.05, 0) is 42.9 Å². The summed E-state index contributed by atoms with van der Waals surface area (Å²) in [6.45, 7) is 11.0. The van der Waals surface area contributed by atoms with Gasteiger partial charge >= 0.3 is 0 Å². The van der Waals surface area contributed by atoms with Crippen molar-refractivity contribution in [3.63, 3.8) is 0 Å². The Bertz CT molecular complexity index is 874. The number of nitrogens with zero attached hydrogens (tertiary/aromatic N) is 1. The van der Waals surface area contributed by atoms with E-state index in [4.69, 9.17) is 0 Å². The monoisotopic (exact) mass is 371 g/mol. The first-order chi connectivity index (χ1) is 11.3. The molecule has 2 N–H and O–H groups in total. The van der Waals surface area contributed by atoms with E-state index in [0.29, 0.717) is 11.1 Å². The second-order valence-electron chi connectivity index (χ2n) is 7.20. The van der Waals surface area contributed by atoms with Gasteiger partial charge in [0.05, 0.1) is 16.3 Å². The lowest BCUT2D eigenvalue weighted by Gasteiger charge is -2.22. The van der Waals surface area contributed by atoms with Crippen LogP contribution < -0.4 is 4.72 Å². The summed E-state index contributed by atoms with van der Waals surface area (Å²) < 4.78 is 54.0. The molecular weight excluding hydrogens is 348 g/mol. The number of hydrogen-bond acceptors (Lipinski definition) is 3. The molecule has 0 atom stereocenters. The van der Waals surface area contributed by atoms with Crippen molar-refractivity contribution in [2.45, 2.75) is 58.3 Å². The lowest BCUT2D eigenvalue weighted by Crippen LogP contribution is -2.19. The number of benzene rings is 1. The maximum Gasteiger partial charge on any atom is 0.284 e. The molecule has 138 valence electrons. The van der Waals surface area contributed by atoms with Crippen molar-refractivity contribution >= 4 is 15.7 Å². The van der Waals surface area contributed by atoms with Crippen molar-refractivity contribution in [1.82, 2.24) is 10.2 Å². The standard InChI is InChI=1S/C17H23F2N3O2S/c1-9-7-12(17(4,5)6)8-10(2)15(9)25(23,24)22-13-11(3)20-21-14(13)16(18)19/h7-8,16,22H,1-6H3,(H,20,21). The summed E-state index contributed by atoms with van der Waals surface area (Å²) in [5.41, 5.74) is 1.44. The van der Waals surface area contributed by atoms with Crippen LogP contribution in [0.4, 0.5) is 14.5 Å². The van der Waals surface area contributed by atoms with Crippen LogP contribution >= 0.6 is 0 Å². The minimum absolute atomic E-state index is 0.0984. The highest BCUT2D eigenvalue weighted by atomic mass is 32.2. The van der Waals surface area contributed by atoms with Gasteiger partial charge in [0.25, 0.3) is 16.4 Å². The molecule has 5 nitrogen and oxygen atoms in total. The molecule has 0 unspecified atom stereocenters. The van der Waals surface area contributed by atoms with Crippen LogP contribution in [0.1, 0.15) is 55.3 Å². The zero-order valence-corrected chi connectivity index (χ0v) is 16.0. The van der Waals surface area contributed by atoms with Crippen LogP contribution in [0.15, 0.2) is 17.0 Å². The molecule has 0 aliphatic heterocycles. The number of aryl methyl sites for hydroxylation is 3. The van der Waals surface area contributed by atoms with Crippen molar-refractivity contribution in [2.24, 2.45) is 0 Å². The second kappa shape index (κ2) is 6.40. The molecule has 0 aliphatic carbocycles. The van der Waals surface area contributed by atoms with Crippen LogP contribution in [0.5, 0.6) is 0 Å². The molecule has 0 radical (unpaired) electrons. The molecule has 8 heteroatoms. The van der Waals surface area contributed by atoms with Gasteiger partial charge in [-0.3, -0.25) is 9.82 Å². The van der Waals surface area contributed by atoms with Gasteiger partial charge in [-0.15, -0.1) is 0 Å². The molecule has 0 aliphatic rings. The predicted octanol–water partition coefficient (Wildman–Crippen LogP) is 4.37. The largest absolute Gasteiger partial charge is 0.284 e. The van der Waals surface area contributed by atoms with E-state index in [0.717, 1.165) is 5.56 Å². The summed E-state index contributed by atoms with van der Waals surface area (Å²) in [6.07, 6.45) is -2.88. The quantitative estimate of drug-likeness (QED) is 0.838. The van der Waals surface area contributed by atoms with Crippen LogP contribution in [0.2, 0.25) is 0 Å². The second-order valence-corrected chi connectivity index (χ2v) is 8.82. The Morgan fingerprint density at radius 1 is 1.12 bits per heavy atom. The first-order valence-corrected chi connectivity index (χ1v) is 9.30. The molecule has 1 aromatic heterocycles. The van der Waals surface area contributed by atoms with E-state index < -0.39 is 22.1 Å². The molecule has 0 fully saturated rings. The zero-order chi connectivity index (χ0) is 19.2. The Hall–Kier alpha value is -1.96. The number of nitrogens with one attached hydrogen (secondary N) is 2. The lowest BCUT2D eigenvalue weighted by atomic mass is 9.85. The third-order valence-electron chi connectivity index (χ3n) is 4.01. The Kier molecular flexibility index (Phi) is 4.96. The number of hydrogen-bond donors (Lipinski definition) is 2. The van der Waals surface area contributed by atoms with Crippen molar-refractivity contribution in [3.05, 3.63) is 40.2 Å². The number of aromatic nitrogens is 2. The smallest absolute Gasteiger partial charge is 0.280 e. The Morgan fingerprint density at radius 2 is 1.64 bits per heavy atom. The van der Waals surface area contributed by atoms with Gasteiger partial charge in [0.1, 0.15) is 0 Å². The number of alkyl halides is 2. The van der Waals surface area contributed by atoms with E-state index in [1.165, 1.54) is 6.92 Å². The topological polar surface area (TPSA) is 74.8 Å². The third kappa shape index (κ3) is 3.84. The van der Waals surface area contributed by atoms with Gasteiger partial charge < -0.3 is 0 Å². The van der Waals surface area contributed by atoms with Crippen LogP contribution in [0.3, 0.4) is 0 Å². The van der Waals surface area contributed by atoms with E-state index in [2.05, 4.69) is 14.9 Å². The summed E-state index contributed by atoms with van der Waals surface area (Å²) in [6, 6.07) is 3.63. The highest BCUT2D eigenvalue weighted by Crippen LogP contribution is 2.33. The number of aromatic amines is 1. The maximum atomic E-state index is 13.0. The van der Waals surface area contributed by atoms with Gasteiger partial charge in [-0.1, -0.05) is 32.9 Å². The van der Waals surface area contributed by atoms with E-state index in [1.54, 1.807) is 13.8 Å². The van der Waals surface area contributed by atoms with Crippen molar-refractivity contribution < 1.29 is 17.2 Å². The summed E-state index contributed by atoms with van der Waals surface area (Å²) in [7, 11) is -4.03. The first kappa shape index (κ1) is 19.4. The van der Waals surface area contributed by atoms with Crippen LogP contribution in [-0.2, 0) is 15.4 Å². The molecule has 1 heterocycles. The molecular formula is C17H23F2N3O2S. The van der Waals surface area contributed by atoms with E-state index in [-0.39, 0.29) is 21.7 Å². The van der Waals surface area contributed by atoms with E-state index in [1.807, 2.05) is 32.9 Å². The number of halogens is 2. The molecule has 0 spiro atoms. The highest BCUT2D eigenvalue weighted by Gasteiger charge is 2.27. The zero-order valence-electron chi connectivity index (χ0n) is 15.2. The molecule has 0 bridgehead atoms. The molecule has 25 heavy (non-hydrogen) atoms. The molecule has 0 amide bonds. The van der Waals surface area contributed by atoms with Crippen LogP contribution in [-0.4, -0.2) is 18.6 Å². The van der Waals surface area contributed by atoms with Crippen molar-refractivity contribution in [2.75, 3.05) is 4.72 Å². The van der Waals surface area contributed by atoms with Gasteiger partial charge in [0.15, 0.2) is 5.69 Å². The average molecular weight is 371 g/mol. The first-order valence-electron chi connectivity index (χ1n) is 7.82. The summed E-state index contributed by atoms with van der Waals surface area (Å²) in [5.74, 6) is 0. The van der Waals surface area contributed by atoms with Gasteiger partial charge in [-0.25, -0.2) is 17.2 Å². The molecule has 0 saturated carbocycles. The number of anilines is 1.